The molecular weight excluding hydrogens is 470 g/mol. The third kappa shape index (κ3) is 13.6. The highest BCUT2D eigenvalue weighted by Crippen LogP contribution is 2.13. The highest BCUT2D eigenvalue weighted by Gasteiger charge is 2.20. The molecule has 10 nitrogen and oxygen atoms in total. The van der Waals surface area contributed by atoms with Crippen LogP contribution in [0.1, 0.15) is 57.9 Å². The number of unbranched alkanes of at least 4 members (excludes halogenated alkanes) is 3. The Balaban J connectivity index is 2.52. The Morgan fingerprint density at radius 1 is 1.11 bits per heavy atom. The van der Waals surface area contributed by atoms with Crippen LogP contribution in [-0.4, -0.2) is 96.7 Å². The summed E-state index contributed by atoms with van der Waals surface area (Å²) in [5, 5.41) is 18.3. The Hall–Kier alpha value is -3.16. The van der Waals surface area contributed by atoms with Crippen LogP contribution in [0.15, 0.2) is 18.3 Å². The summed E-state index contributed by atoms with van der Waals surface area (Å²) in [7, 11) is 5.48. The summed E-state index contributed by atoms with van der Waals surface area (Å²) in [4.78, 5) is 36.9. The van der Waals surface area contributed by atoms with Gasteiger partial charge in [0.25, 0.3) is 0 Å². The van der Waals surface area contributed by atoms with Crippen molar-refractivity contribution in [2.75, 3.05) is 64.6 Å². The molecule has 0 aromatic carbocycles. The van der Waals surface area contributed by atoms with E-state index in [9.17, 15) is 9.59 Å². The number of amides is 2. The molecule has 37 heavy (non-hydrogen) atoms. The molecule has 2 amide bonds. The molecule has 1 rings (SSSR count). The molecule has 206 valence electrons. The van der Waals surface area contributed by atoms with E-state index in [0.717, 1.165) is 44.3 Å². The minimum Gasteiger partial charge on any atom is -0.396 e. The van der Waals surface area contributed by atoms with Crippen molar-refractivity contribution in [3.05, 3.63) is 23.9 Å². The van der Waals surface area contributed by atoms with Gasteiger partial charge in [-0.1, -0.05) is 24.8 Å². The minimum atomic E-state index is -0.561. The number of aromatic nitrogens is 2. The third-order valence-electron chi connectivity index (χ3n) is 5.49. The summed E-state index contributed by atoms with van der Waals surface area (Å²) in [6, 6.07) is -0.561. The normalized spacial score (nSPS) is 11.6. The molecule has 10 heteroatoms. The number of aliphatic hydroxyl groups excluding tert-OH is 1. The fourth-order valence-corrected chi connectivity index (χ4v) is 3.09. The molecule has 0 bridgehead atoms. The van der Waals surface area contributed by atoms with E-state index in [1.54, 1.807) is 26.2 Å². The summed E-state index contributed by atoms with van der Waals surface area (Å²) < 4.78 is 0. The van der Waals surface area contributed by atoms with Crippen molar-refractivity contribution in [1.29, 1.82) is 0 Å². The first-order chi connectivity index (χ1) is 17.8. The number of likely N-dealkylation sites (N-methyl/N-ethyl adjacent to an activating group) is 2. The zero-order valence-electron chi connectivity index (χ0n) is 23.1. The zero-order valence-corrected chi connectivity index (χ0v) is 23.1. The molecule has 0 aliphatic rings. The predicted octanol–water partition coefficient (Wildman–Crippen LogP) is 2.09. The first-order valence-corrected chi connectivity index (χ1v) is 13.1. The van der Waals surface area contributed by atoms with Crippen LogP contribution in [0, 0.1) is 11.8 Å². The Morgan fingerprint density at radius 2 is 1.89 bits per heavy atom. The maximum atomic E-state index is 12.4. The summed E-state index contributed by atoms with van der Waals surface area (Å²) >= 11 is 0. The van der Waals surface area contributed by atoms with Gasteiger partial charge >= 0.3 is 0 Å². The number of nitrogens with one attached hydrogen (secondary N) is 3. The Morgan fingerprint density at radius 3 is 2.59 bits per heavy atom. The second-order valence-electron chi connectivity index (χ2n) is 9.08. The van der Waals surface area contributed by atoms with Crippen LogP contribution in [0.4, 0.5) is 11.8 Å². The topological polar surface area (TPSA) is 123 Å². The van der Waals surface area contributed by atoms with Crippen LogP contribution < -0.4 is 16.0 Å². The molecule has 0 spiro atoms. The van der Waals surface area contributed by atoms with Crippen LogP contribution >= 0.6 is 0 Å². The van der Waals surface area contributed by atoms with Gasteiger partial charge in [-0.05, 0) is 53.1 Å². The van der Waals surface area contributed by atoms with E-state index < -0.39 is 6.04 Å². The molecule has 1 heterocycles. The van der Waals surface area contributed by atoms with Crippen LogP contribution in [0.5, 0.6) is 0 Å². The quantitative estimate of drug-likeness (QED) is 0.141. The maximum Gasteiger partial charge on any atom is 0.246 e. The molecule has 1 aromatic rings. The van der Waals surface area contributed by atoms with Gasteiger partial charge in [0.05, 0.1) is 11.8 Å². The molecule has 0 unspecified atom stereocenters. The summed E-state index contributed by atoms with van der Waals surface area (Å²) in [6.45, 7) is 6.70. The van der Waals surface area contributed by atoms with Gasteiger partial charge in [0.1, 0.15) is 11.9 Å². The minimum absolute atomic E-state index is 0.191. The number of nitrogens with zero attached hydrogens (tertiary/aromatic N) is 4. The average molecular weight is 516 g/mol. The molecule has 0 saturated heterocycles. The van der Waals surface area contributed by atoms with Crippen molar-refractivity contribution >= 4 is 23.6 Å². The van der Waals surface area contributed by atoms with Crippen molar-refractivity contribution < 1.29 is 14.7 Å². The zero-order chi connectivity index (χ0) is 27.5. The first kappa shape index (κ1) is 31.9. The monoisotopic (exact) mass is 515 g/mol. The SMILES string of the molecule is CCCNc1nc(NCCCCCO)ncc1C#CCCCNC(=O)[C@H](C)N(C)C(=O)C=CCN(C)C. The number of hydrogen-bond donors (Lipinski definition) is 4. The Labute approximate surface area is 222 Å². The predicted molar refractivity (Wildman–Crippen MR) is 149 cm³/mol. The molecular formula is C27H45N7O3. The third-order valence-corrected chi connectivity index (χ3v) is 5.49. The van der Waals surface area contributed by atoms with E-state index in [4.69, 9.17) is 5.11 Å². The van der Waals surface area contributed by atoms with Crippen LogP contribution in [-0.2, 0) is 9.59 Å². The fraction of sp³-hybridized carbons (Fsp3) is 0.630. The van der Waals surface area contributed by atoms with E-state index in [-0.39, 0.29) is 18.4 Å². The van der Waals surface area contributed by atoms with Crippen molar-refractivity contribution in [2.24, 2.45) is 0 Å². The summed E-state index contributed by atoms with van der Waals surface area (Å²) in [5.41, 5.74) is 0.736. The van der Waals surface area contributed by atoms with Crippen LogP contribution in [0.2, 0.25) is 0 Å². The Bertz CT molecular complexity index is 909. The largest absolute Gasteiger partial charge is 0.396 e. The molecule has 0 aliphatic carbocycles. The van der Waals surface area contributed by atoms with Gasteiger partial charge in [-0.3, -0.25) is 9.59 Å². The van der Waals surface area contributed by atoms with Crippen molar-refractivity contribution in [3.63, 3.8) is 0 Å². The second-order valence-corrected chi connectivity index (χ2v) is 9.08. The van der Waals surface area contributed by atoms with Gasteiger partial charge in [-0.25, -0.2) is 4.98 Å². The van der Waals surface area contributed by atoms with Gasteiger partial charge in [-0.2, -0.15) is 4.98 Å². The molecule has 4 N–H and O–H groups in total. The van der Waals surface area contributed by atoms with E-state index in [1.807, 2.05) is 19.0 Å². The highest BCUT2D eigenvalue weighted by molar-refractivity contribution is 5.92. The van der Waals surface area contributed by atoms with E-state index >= 15 is 0 Å². The maximum absolute atomic E-state index is 12.4. The van der Waals surface area contributed by atoms with Crippen LogP contribution in [0.25, 0.3) is 0 Å². The number of carbonyl (C=O) groups excluding carboxylic acids is 2. The molecule has 0 saturated carbocycles. The lowest BCUT2D eigenvalue weighted by Crippen LogP contribution is -2.45. The number of aliphatic hydroxyl groups is 1. The summed E-state index contributed by atoms with van der Waals surface area (Å²) in [5.74, 6) is 7.14. The number of carbonyl (C=O) groups is 2. The fourth-order valence-electron chi connectivity index (χ4n) is 3.09. The first-order valence-electron chi connectivity index (χ1n) is 13.1. The molecule has 0 fully saturated rings. The molecule has 1 aromatic heterocycles. The van der Waals surface area contributed by atoms with Crippen molar-refractivity contribution in [3.8, 4) is 11.8 Å². The molecule has 0 radical (unpaired) electrons. The average Bonchev–Trinajstić information content (AvgIpc) is 2.88. The molecule has 0 aliphatic heterocycles. The standard InChI is InChI=1S/C27H45N7O3/c1-6-16-28-25-23(21-31-27(32-25)30-18-11-8-12-20-35)14-9-7-10-17-29-26(37)22(2)34(5)24(36)15-13-19-33(3)4/h13,15,21-22,35H,6-8,10-12,16-20H2,1-5H3,(H,29,37)(H2,28,30,31,32)/t22-/m0/s1. The van der Waals surface area contributed by atoms with Crippen LogP contribution in [0.3, 0.4) is 0 Å². The second kappa shape index (κ2) is 19.0. The lowest BCUT2D eigenvalue weighted by molar-refractivity contribution is -0.135. The Kier molecular flexibility index (Phi) is 16.4. The van der Waals surface area contributed by atoms with Gasteiger partial charge in [-0.15, -0.1) is 0 Å². The molecule has 1 atom stereocenters. The number of rotatable bonds is 17. The van der Waals surface area contributed by atoms with Crippen molar-refractivity contribution in [1.82, 2.24) is 25.1 Å². The van der Waals surface area contributed by atoms with Gasteiger partial charge in [0, 0.05) is 52.3 Å². The lowest BCUT2D eigenvalue weighted by atomic mass is 10.2. The van der Waals surface area contributed by atoms with Crippen molar-refractivity contribution in [2.45, 2.75) is 58.4 Å². The van der Waals surface area contributed by atoms with Gasteiger partial charge in [0.2, 0.25) is 17.8 Å². The van der Waals surface area contributed by atoms with E-state index in [2.05, 4.69) is 44.7 Å². The van der Waals surface area contributed by atoms with Gasteiger partial charge in [0.15, 0.2) is 0 Å². The van der Waals surface area contributed by atoms with Gasteiger partial charge < -0.3 is 30.9 Å². The van der Waals surface area contributed by atoms with E-state index in [0.29, 0.717) is 37.7 Å². The van der Waals surface area contributed by atoms with E-state index in [1.165, 1.54) is 11.0 Å². The lowest BCUT2D eigenvalue weighted by Gasteiger charge is -2.23. The summed E-state index contributed by atoms with van der Waals surface area (Å²) in [6.07, 6.45) is 9.95. The number of hydrogen-bond acceptors (Lipinski definition) is 8. The smallest absolute Gasteiger partial charge is 0.246 e. The number of anilines is 2. The highest BCUT2D eigenvalue weighted by atomic mass is 16.3.